The number of hydrogen-bond donors (Lipinski definition) is 1. The fraction of sp³-hybridized carbons (Fsp3) is 0.400. The van der Waals surface area contributed by atoms with E-state index in [9.17, 15) is 4.79 Å². The summed E-state index contributed by atoms with van der Waals surface area (Å²) in [6.45, 7) is 5.32. The zero-order valence-electron chi connectivity index (χ0n) is 4.27. The Hall–Kier alpha value is -0.240. The van der Waals surface area contributed by atoms with E-state index in [2.05, 4.69) is 19.2 Å². The molecule has 0 aliphatic carbocycles. The smallest absolute Gasteiger partial charge is 0.211 e. The summed E-state index contributed by atoms with van der Waals surface area (Å²) in [6.07, 6.45) is 0.697. The van der Waals surface area contributed by atoms with Gasteiger partial charge in [0.1, 0.15) is 0 Å². The van der Waals surface area contributed by atoms with Crippen LogP contribution in [0.15, 0.2) is 12.2 Å². The maximum absolute atomic E-state index is 10.1. The van der Waals surface area contributed by atoms with Crippen LogP contribution in [0.25, 0.3) is 0 Å². The van der Waals surface area contributed by atoms with E-state index in [4.69, 9.17) is 0 Å². The average Bonchev–Trinajstić information content (AvgIpc) is 1.65. The highest BCUT2D eigenvalue weighted by Gasteiger charge is 1.93. The van der Waals surface area contributed by atoms with E-state index in [1.54, 1.807) is 0 Å². The Morgan fingerprint density at radius 1 is 1.86 bits per heavy atom. The molecule has 0 atom stereocenters. The Bertz CT molecular complexity index is 96.3. The number of hydrogen-bond acceptors (Lipinski definition) is 1. The van der Waals surface area contributed by atoms with Crippen molar-refractivity contribution in [3.05, 3.63) is 12.2 Å². The van der Waals surface area contributed by atoms with Crippen LogP contribution in [-0.2, 0) is 4.79 Å². The summed E-state index contributed by atoms with van der Waals surface area (Å²) in [6, 6.07) is 0. The lowest BCUT2D eigenvalue weighted by molar-refractivity contribution is -0.107. The maximum Gasteiger partial charge on any atom is 0.211 e. The summed E-state index contributed by atoms with van der Waals surface area (Å²) in [4.78, 5) is 10.1. The summed E-state index contributed by atoms with van der Waals surface area (Å²) in [7, 11) is 0. The molecule has 0 fully saturated rings. The molecule has 0 aromatic rings. The summed E-state index contributed by atoms with van der Waals surface area (Å²) in [5, 5.41) is -0.206. The molecule has 2 heteroatoms. The highest BCUT2D eigenvalue weighted by molar-refractivity contribution is 7.97. The minimum Gasteiger partial charge on any atom is -0.282 e. The highest BCUT2D eigenvalue weighted by atomic mass is 32.1. The second-order valence-electron chi connectivity index (χ2n) is 1.26. The van der Waals surface area contributed by atoms with Crippen molar-refractivity contribution in [1.82, 2.24) is 0 Å². The van der Waals surface area contributed by atoms with Crippen molar-refractivity contribution in [2.45, 2.75) is 13.3 Å². The van der Waals surface area contributed by atoms with Crippen molar-refractivity contribution in [1.29, 1.82) is 0 Å². The molecular formula is C5H8OS. The Kier molecular flexibility index (Phi) is 2.76. The third-order valence-corrected chi connectivity index (χ3v) is 1.05. The van der Waals surface area contributed by atoms with Gasteiger partial charge in [-0.2, -0.15) is 0 Å². The molecule has 0 aliphatic heterocycles. The van der Waals surface area contributed by atoms with Crippen molar-refractivity contribution < 1.29 is 4.79 Å². The molecular weight excluding hydrogens is 108 g/mol. The molecule has 0 aromatic heterocycles. The quantitative estimate of drug-likeness (QED) is 0.426. The average molecular weight is 116 g/mol. The van der Waals surface area contributed by atoms with Gasteiger partial charge in [0.05, 0.1) is 0 Å². The highest BCUT2D eigenvalue weighted by Crippen LogP contribution is 1.99. The molecule has 0 bridgehead atoms. The van der Waals surface area contributed by atoms with E-state index >= 15 is 0 Å². The molecule has 0 saturated carbocycles. The Morgan fingerprint density at radius 2 is 2.29 bits per heavy atom. The molecule has 40 valence electrons. The number of thiol groups is 1. The number of carbonyl (C=O) groups is 1. The number of rotatable bonds is 2. The van der Waals surface area contributed by atoms with E-state index in [1.165, 1.54) is 0 Å². The van der Waals surface area contributed by atoms with E-state index in [1.807, 2.05) is 6.92 Å². The maximum atomic E-state index is 10.1. The summed E-state index contributed by atoms with van der Waals surface area (Å²) in [5.41, 5.74) is 0.573. The van der Waals surface area contributed by atoms with Gasteiger partial charge in [-0.15, -0.1) is 12.6 Å². The van der Waals surface area contributed by atoms with Crippen LogP contribution in [0.3, 0.4) is 0 Å². The van der Waals surface area contributed by atoms with Gasteiger partial charge in [0.15, 0.2) is 0 Å². The van der Waals surface area contributed by atoms with Crippen LogP contribution in [-0.4, -0.2) is 5.12 Å². The lowest BCUT2D eigenvalue weighted by Gasteiger charge is -1.88. The lowest BCUT2D eigenvalue weighted by Crippen LogP contribution is -1.87. The van der Waals surface area contributed by atoms with Gasteiger partial charge in [0, 0.05) is 0 Å². The first-order valence-electron chi connectivity index (χ1n) is 2.09. The Balaban J connectivity index is 3.58. The van der Waals surface area contributed by atoms with E-state index in [0.29, 0.717) is 12.0 Å². The largest absolute Gasteiger partial charge is 0.282 e. The van der Waals surface area contributed by atoms with Crippen LogP contribution in [0.5, 0.6) is 0 Å². The lowest BCUT2D eigenvalue weighted by atomic mass is 10.3. The minimum atomic E-state index is -0.206. The van der Waals surface area contributed by atoms with Crippen molar-refractivity contribution in [3.8, 4) is 0 Å². The second-order valence-corrected chi connectivity index (χ2v) is 1.67. The second kappa shape index (κ2) is 2.86. The molecule has 0 N–H and O–H groups in total. The first kappa shape index (κ1) is 6.76. The van der Waals surface area contributed by atoms with Crippen LogP contribution in [0, 0.1) is 0 Å². The van der Waals surface area contributed by atoms with Crippen LogP contribution >= 0.6 is 12.6 Å². The van der Waals surface area contributed by atoms with E-state index in [0.717, 1.165) is 0 Å². The van der Waals surface area contributed by atoms with E-state index < -0.39 is 0 Å². The van der Waals surface area contributed by atoms with E-state index in [-0.39, 0.29) is 5.12 Å². The molecule has 0 aromatic carbocycles. The third kappa shape index (κ3) is 2.45. The molecule has 0 rings (SSSR count). The van der Waals surface area contributed by atoms with Crippen LogP contribution in [0.1, 0.15) is 13.3 Å². The monoisotopic (exact) mass is 116 g/mol. The first-order chi connectivity index (χ1) is 3.18. The van der Waals surface area contributed by atoms with Crippen molar-refractivity contribution in [3.63, 3.8) is 0 Å². The first-order valence-corrected chi connectivity index (χ1v) is 2.54. The molecule has 1 nitrogen and oxygen atoms in total. The van der Waals surface area contributed by atoms with Gasteiger partial charge in [-0.3, -0.25) is 4.79 Å². The van der Waals surface area contributed by atoms with Crippen LogP contribution < -0.4 is 0 Å². The predicted molar refractivity (Wildman–Crippen MR) is 33.4 cm³/mol. The van der Waals surface area contributed by atoms with Crippen LogP contribution in [0.2, 0.25) is 0 Å². The van der Waals surface area contributed by atoms with Gasteiger partial charge < -0.3 is 0 Å². The fourth-order valence-electron chi connectivity index (χ4n) is 0.151. The zero-order valence-corrected chi connectivity index (χ0v) is 5.16. The summed E-state index contributed by atoms with van der Waals surface area (Å²) >= 11 is 3.53. The van der Waals surface area contributed by atoms with Gasteiger partial charge in [0.25, 0.3) is 0 Å². The summed E-state index contributed by atoms with van der Waals surface area (Å²) < 4.78 is 0. The minimum absolute atomic E-state index is 0.206. The molecule has 0 radical (unpaired) electrons. The van der Waals surface area contributed by atoms with Gasteiger partial charge in [-0.1, -0.05) is 13.5 Å². The molecule has 0 aliphatic rings. The molecule has 0 spiro atoms. The number of carbonyl (C=O) groups excluding carboxylic acids is 1. The van der Waals surface area contributed by atoms with Gasteiger partial charge in [-0.25, -0.2) is 0 Å². The topological polar surface area (TPSA) is 17.1 Å². The molecule has 0 saturated heterocycles. The van der Waals surface area contributed by atoms with Crippen molar-refractivity contribution in [2.24, 2.45) is 0 Å². The third-order valence-electron chi connectivity index (χ3n) is 0.729. The normalized spacial score (nSPS) is 8.29. The standard InChI is InChI=1S/C5H8OS/c1-3-4(2)5(6)7/h2-3H2,1H3,(H,6,7). The Morgan fingerprint density at radius 3 is 2.29 bits per heavy atom. The zero-order chi connectivity index (χ0) is 5.86. The van der Waals surface area contributed by atoms with Gasteiger partial charge in [-0.05, 0) is 12.0 Å². The van der Waals surface area contributed by atoms with Gasteiger partial charge in [0.2, 0.25) is 5.12 Å². The molecule has 0 unspecified atom stereocenters. The molecule has 0 heterocycles. The van der Waals surface area contributed by atoms with Gasteiger partial charge >= 0.3 is 0 Å². The predicted octanol–water partition coefficient (Wildman–Crippen LogP) is 1.41. The molecule has 0 amide bonds. The SMILES string of the molecule is C=C(CC)C(=O)S. The van der Waals surface area contributed by atoms with Crippen molar-refractivity contribution >= 4 is 17.7 Å². The van der Waals surface area contributed by atoms with Crippen LogP contribution in [0.4, 0.5) is 0 Å². The molecule has 7 heavy (non-hydrogen) atoms. The Labute approximate surface area is 48.8 Å². The fourth-order valence-corrected chi connectivity index (χ4v) is 0.309. The summed E-state index contributed by atoms with van der Waals surface area (Å²) in [5.74, 6) is 0. The van der Waals surface area contributed by atoms with Crippen molar-refractivity contribution in [2.75, 3.05) is 0 Å².